The van der Waals surface area contributed by atoms with Gasteiger partial charge in [-0.25, -0.2) is 4.68 Å². The van der Waals surface area contributed by atoms with Crippen molar-refractivity contribution in [2.45, 2.75) is 65.5 Å². The molecular weight excluding hydrogens is 322 g/mol. The molecule has 1 aliphatic rings. The third-order valence-corrected chi connectivity index (χ3v) is 4.40. The predicted octanol–water partition coefficient (Wildman–Crippen LogP) is 1.57. The van der Waals surface area contributed by atoms with Crippen LogP contribution in [0.2, 0.25) is 0 Å². The molecular formula is C16H25N7O2. The molecule has 0 fully saturated rings. The second-order valence-corrected chi connectivity index (χ2v) is 6.86. The van der Waals surface area contributed by atoms with E-state index in [2.05, 4.69) is 39.5 Å². The molecule has 136 valence electrons. The SMILES string of the molecule is CCN(Cc1noc(CC(C)C)n1)C(=O)[C@H]1CCCCn2nnnc21. The van der Waals surface area contributed by atoms with Crippen molar-refractivity contribution in [1.29, 1.82) is 0 Å². The van der Waals surface area contributed by atoms with Crippen LogP contribution in [0, 0.1) is 5.92 Å². The van der Waals surface area contributed by atoms with Gasteiger partial charge in [0, 0.05) is 19.5 Å². The number of amides is 1. The molecule has 2 aromatic heterocycles. The van der Waals surface area contributed by atoms with Gasteiger partial charge >= 0.3 is 0 Å². The summed E-state index contributed by atoms with van der Waals surface area (Å²) < 4.78 is 7.02. The van der Waals surface area contributed by atoms with Crippen LogP contribution in [0.5, 0.6) is 0 Å². The van der Waals surface area contributed by atoms with E-state index in [9.17, 15) is 4.79 Å². The van der Waals surface area contributed by atoms with E-state index in [1.165, 1.54) is 0 Å². The largest absolute Gasteiger partial charge is 0.339 e. The molecule has 0 unspecified atom stereocenters. The third kappa shape index (κ3) is 4.02. The van der Waals surface area contributed by atoms with Gasteiger partial charge in [-0.2, -0.15) is 4.98 Å². The van der Waals surface area contributed by atoms with Gasteiger partial charge in [-0.3, -0.25) is 4.79 Å². The zero-order valence-electron chi connectivity index (χ0n) is 15.1. The normalized spacial score (nSPS) is 17.4. The molecule has 1 aliphatic heterocycles. The number of carbonyl (C=O) groups is 1. The zero-order valence-corrected chi connectivity index (χ0v) is 15.1. The molecule has 2 aromatic rings. The Morgan fingerprint density at radius 1 is 1.40 bits per heavy atom. The van der Waals surface area contributed by atoms with E-state index in [0.29, 0.717) is 36.5 Å². The highest BCUT2D eigenvalue weighted by atomic mass is 16.5. The van der Waals surface area contributed by atoms with E-state index < -0.39 is 0 Å². The van der Waals surface area contributed by atoms with E-state index in [-0.39, 0.29) is 11.8 Å². The van der Waals surface area contributed by atoms with Crippen molar-refractivity contribution in [3.05, 3.63) is 17.5 Å². The Morgan fingerprint density at radius 3 is 3.00 bits per heavy atom. The molecule has 1 atom stereocenters. The molecule has 0 aliphatic carbocycles. The summed E-state index contributed by atoms with van der Waals surface area (Å²) in [5, 5.41) is 15.8. The monoisotopic (exact) mass is 347 g/mol. The molecule has 0 saturated heterocycles. The van der Waals surface area contributed by atoms with E-state index in [0.717, 1.165) is 32.2 Å². The molecule has 3 rings (SSSR count). The van der Waals surface area contributed by atoms with Gasteiger partial charge in [-0.1, -0.05) is 25.4 Å². The summed E-state index contributed by atoms with van der Waals surface area (Å²) in [5.41, 5.74) is 0. The second-order valence-electron chi connectivity index (χ2n) is 6.86. The number of aromatic nitrogens is 6. The van der Waals surface area contributed by atoms with Crippen LogP contribution in [0.4, 0.5) is 0 Å². The lowest BCUT2D eigenvalue weighted by atomic mass is 10.0. The first-order valence-electron chi connectivity index (χ1n) is 8.94. The molecule has 9 heteroatoms. The van der Waals surface area contributed by atoms with Gasteiger partial charge in [0.05, 0.1) is 12.5 Å². The summed E-state index contributed by atoms with van der Waals surface area (Å²) >= 11 is 0. The van der Waals surface area contributed by atoms with Gasteiger partial charge in [-0.15, -0.1) is 5.10 Å². The fourth-order valence-electron chi connectivity index (χ4n) is 3.12. The van der Waals surface area contributed by atoms with Crippen LogP contribution in [0.3, 0.4) is 0 Å². The minimum atomic E-state index is -0.306. The lowest BCUT2D eigenvalue weighted by molar-refractivity contribution is -0.133. The number of nitrogens with zero attached hydrogens (tertiary/aromatic N) is 7. The molecule has 0 spiro atoms. The van der Waals surface area contributed by atoms with E-state index in [1.807, 2.05) is 6.92 Å². The van der Waals surface area contributed by atoms with Crippen molar-refractivity contribution in [3.63, 3.8) is 0 Å². The molecule has 0 bridgehead atoms. The van der Waals surface area contributed by atoms with Crippen LogP contribution >= 0.6 is 0 Å². The third-order valence-electron chi connectivity index (χ3n) is 4.40. The van der Waals surface area contributed by atoms with Crippen molar-refractivity contribution in [2.24, 2.45) is 5.92 Å². The van der Waals surface area contributed by atoms with Gasteiger partial charge in [0.2, 0.25) is 11.8 Å². The standard InChI is InChI=1S/C16H25N7O2/c1-4-22(10-13-17-14(25-19-13)9-11(2)3)16(24)12-7-5-6-8-23-15(12)18-20-21-23/h11-12H,4-10H2,1-3H3/t12-/m0/s1. The van der Waals surface area contributed by atoms with Crippen molar-refractivity contribution >= 4 is 5.91 Å². The number of rotatable bonds is 6. The highest BCUT2D eigenvalue weighted by Gasteiger charge is 2.31. The molecule has 9 nitrogen and oxygen atoms in total. The van der Waals surface area contributed by atoms with E-state index in [4.69, 9.17) is 4.52 Å². The minimum Gasteiger partial charge on any atom is -0.339 e. The fraction of sp³-hybridized carbons (Fsp3) is 0.750. The van der Waals surface area contributed by atoms with Crippen LogP contribution in [0.1, 0.15) is 63.5 Å². The Balaban J connectivity index is 1.72. The predicted molar refractivity (Wildman–Crippen MR) is 88.3 cm³/mol. The van der Waals surface area contributed by atoms with E-state index >= 15 is 0 Å². The topological polar surface area (TPSA) is 103 Å². The van der Waals surface area contributed by atoms with Crippen LogP contribution < -0.4 is 0 Å². The number of hydrogen-bond donors (Lipinski definition) is 0. The quantitative estimate of drug-likeness (QED) is 0.781. The van der Waals surface area contributed by atoms with Gasteiger partial charge in [0.1, 0.15) is 0 Å². The lowest BCUT2D eigenvalue weighted by Crippen LogP contribution is -2.35. The average molecular weight is 347 g/mol. The number of tetrazole rings is 1. The average Bonchev–Trinajstić information content (AvgIpc) is 3.17. The van der Waals surface area contributed by atoms with E-state index in [1.54, 1.807) is 9.58 Å². The molecule has 0 radical (unpaired) electrons. The van der Waals surface area contributed by atoms with Crippen LogP contribution in [0.15, 0.2) is 4.52 Å². The molecule has 3 heterocycles. The Hall–Kier alpha value is -2.32. The second kappa shape index (κ2) is 7.71. The maximum Gasteiger partial charge on any atom is 0.233 e. The Labute approximate surface area is 146 Å². The van der Waals surface area contributed by atoms with Crippen molar-refractivity contribution < 1.29 is 9.32 Å². The van der Waals surface area contributed by atoms with Gasteiger partial charge < -0.3 is 9.42 Å². The van der Waals surface area contributed by atoms with Crippen molar-refractivity contribution in [1.82, 2.24) is 35.2 Å². The van der Waals surface area contributed by atoms with Gasteiger partial charge in [0.25, 0.3) is 0 Å². The molecule has 0 saturated carbocycles. The molecule has 0 aromatic carbocycles. The van der Waals surface area contributed by atoms with Crippen molar-refractivity contribution in [2.75, 3.05) is 6.54 Å². The smallest absolute Gasteiger partial charge is 0.233 e. The highest BCUT2D eigenvalue weighted by molar-refractivity contribution is 5.82. The van der Waals surface area contributed by atoms with Crippen LogP contribution in [0.25, 0.3) is 0 Å². The molecule has 25 heavy (non-hydrogen) atoms. The summed E-state index contributed by atoms with van der Waals surface area (Å²) in [6.45, 7) is 7.83. The Bertz CT molecular complexity index is 709. The highest BCUT2D eigenvalue weighted by Crippen LogP contribution is 2.26. The Kier molecular flexibility index (Phi) is 5.40. The maximum atomic E-state index is 13.1. The number of fused-ring (bicyclic) bond motifs is 1. The maximum absolute atomic E-state index is 13.1. The zero-order chi connectivity index (χ0) is 17.8. The summed E-state index contributed by atoms with van der Waals surface area (Å²) in [6.07, 6.45) is 3.46. The summed E-state index contributed by atoms with van der Waals surface area (Å²) in [6, 6.07) is 0. The van der Waals surface area contributed by atoms with Gasteiger partial charge in [-0.05, 0) is 36.1 Å². The lowest BCUT2D eigenvalue weighted by Gasteiger charge is -2.23. The minimum absolute atomic E-state index is 0.0238. The fourth-order valence-corrected chi connectivity index (χ4v) is 3.12. The Morgan fingerprint density at radius 2 is 2.24 bits per heavy atom. The first-order valence-corrected chi connectivity index (χ1v) is 8.94. The van der Waals surface area contributed by atoms with Crippen LogP contribution in [-0.4, -0.2) is 47.7 Å². The van der Waals surface area contributed by atoms with Crippen LogP contribution in [-0.2, 0) is 24.3 Å². The molecule has 0 N–H and O–H groups in total. The number of likely N-dealkylation sites (N-methyl/N-ethyl adjacent to an activating group) is 1. The van der Waals surface area contributed by atoms with Gasteiger partial charge in [0.15, 0.2) is 11.6 Å². The summed E-state index contributed by atoms with van der Waals surface area (Å²) in [5.74, 6) is 1.98. The van der Waals surface area contributed by atoms with Crippen molar-refractivity contribution in [3.8, 4) is 0 Å². The summed E-state index contributed by atoms with van der Waals surface area (Å²) in [7, 11) is 0. The molecule has 1 amide bonds. The number of aryl methyl sites for hydroxylation is 1. The number of carbonyl (C=O) groups excluding carboxylic acids is 1. The first-order chi connectivity index (χ1) is 12.1. The summed E-state index contributed by atoms with van der Waals surface area (Å²) in [4.78, 5) is 19.2. The first kappa shape index (κ1) is 17.5. The number of hydrogen-bond acceptors (Lipinski definition) is 7.